The molecule has 1 aliphatic rings. The lowest BCUT2D eigenvalue weighted by atomic mass is 10.2. The van der Waals surface area contributed by atoms with Crippen LogP contribution in [0, 0.1) is 0 Å². The highest BCUT2D eigenvalue weighted by molar-refractivity contribution is 5.88. The molecule has 1 aromatic carbocycles. The number of anilines is 1. The first-order valence-electron chi connectivity index (χ1n) is 6.32. The third kappa shape index (κ3) is 2.51. The maximum Gasteiger partial charge on any atom is 0.222 e. The van der Waals surface area contributed by atoms with Crippen LogP contribution in [0.5, 0.6) is 0 Å². The first-order valence-corrected chi connectivity index (χ1v) is 6.32. The Labute approximate surface area is 111 Å². The molecule has 2 aromatic rings. The number of nitrogens with one attached hydrogen (secondary N) is 2. The van der Waals surface area contributed by atoms with Crippen LogP contribution in [0.15, 0.2) is 30.3 Å². The average molecular weight is 256 g/mol. The fourth-order valence-electron chi connectivity index (χ4n) is 2.43. The minimum absolute atomic E-state index is 0.0760. The number of fused-ring (bicyclic) bond motifs is 1. The number of rotatable bonds is 3. The summed E-state index contributed by atoms with van der Waals surface area (Å²) in [6.45, 7) is 4.04. The van der Waals surface area contributed by atoms with Crippen molar-refractivity contribution in [1.82, 2.24) is 15.1 Å². The van der Waals surface area contributed by atoms with Crippen molar-refractivity contribution in [1.29, 1.82) is 0 Å². The van der Waals surface area contributed by atoms with Gasteiger partial charge in [0.2, 0.25) is 5.91 Å². The van der Waals surface area contributed by atoms with Crippen molar-refractivity contribution < 1.29 is 4.79 Å². The van der Waals surface area contributed by atoms with Crippen LogP contribution in [-0.4, -0.2) is 21.0 Å². The molecular weight excluding hydrogens is 240 g/mol. The van der Waals surface area contributed by atoms with Crippen molar-refractivity contribution >= 4 is 11.7 Å². The van der Waals surface area contributed by atoms with Crippen LogP contribution >= 0.6 is 0 Å². The second-order valence-electron chi connectivity index (χ2n) is 4.84. The lowest BCUT2D eigenvalue weighted by molar-refractivity contribution is -0.114. The summed E-state index contributed by atoms with van der Waals surface area (Å²) in [4.78, 5) is 13.4. The van der Waals surface area contributed by atoms with E-state index in [1.165, 1.54) is 12.5 Å². The Morgan fingerprint density at radius 1 is 1.37 bits per heavy atom. The second-order valence-corrected chi connectivity index (χ2v) is 4.84. The molecule has 1 amide bonds. The van der Waals surface area contributed by atoms with Crippen molar-refractivity contribution in [2.45, 2.75) is 26.6 Å². The molecule has 3 rings (SSSR count). The number of hydrogen-bond acceptors (Lipinski definition) is 3. The predicted molar refractivity (Wildman–Crippen MR) is 72.3 cm³/mol. The van der Waals surface area contributed by atoms with Crippen LogP contribution in [0.4, 0.5) is 5.82 Å². The summed E-state index contributed by atoms with van der Waals surface area (Å²) in [6, 6.07) is 10.4. The SMILES string of the molecule is CC(=O)Nc1[nH]nc2c1CN(Cc1ccccc1)C2. The van der Waals surface area contributed by atoms with E-state index >= 15 is 0 Å². The maximum atomic E-state index is 11.1. The van der Waals surface area contributed by atoms with Gasteiger partial charge in [-0.1, -0.05) is 30.3 Å². The highest BCUT2D eigenvalue weighted by atomic mass is 16.1. The van der Waals surface area contributed by atoms with Gasteiger partial charge in [0.1, 0.15) is 5.82 Å². The quantitative estimate of drug-likeness (QED) is 0.881. The summed E-state index contributed by atoms with van der Waals surface area (Å²) in [6.07, 6.45) is 0. The van der Waals surface area contributed by atoms with Gasteiger partial charge in [-0.3, -0.25) is 14.8 Å². The van der Waals surface area contributed by atoms with Gasteiger partial charge in [-0.2, -0.15) is 5.10 Å². The van der Waals surface area contributed by atoms with Crippen LogP contribution in [0.3, 0.4) is 0 Å². The van der Waals surface area contributed by atoms with E-state index in [0.717, 1.165) is 36.7 Å². The highest BCUT2D eigenvalue weighted by Crippen LogP contribution is 2.28. The molecule has 2 heterocycles. The van der Waals surface area contributed by atoms with Gasteiger partial charge < -0.3 is 5.32 Å². The Hall–Kier alpha value is -2.14. The van der Waals surface area contributed by atoms with Crippen molar-refractivity contribution in [2.75, 3.05) is 5.32 Å². The smallest absolute Gasteiger partial charge is 0.222 e. The maximum absolute atomic E-state index is 11.1. The number of aromatic nitrogens is 2. The molecule has 0 aliphatic carbocycles. The summed E-state index contributed by atoms with van der Waals surface area (Å²) in [5, 5.41) is 9.93. The number of carbonyl (C=O) groups is 1. The van der Waals surface area contributed by atoms with E-state index in [1.807, 2.05) is 18.2 Å². The Kier molecular flexibility index (Phi) is 3.05. The molecule has 98 valence electrons. The average Bonchev–Trinajstić information content (AvgIpc) is 2.92. The van der Waals surface area contributed by atoms with E-state index in [1.54, 1.807) is 0 Å². The zero-order valence-corrected chi connectivity index (χ0v) is 10.8. The molecule has 1 aliphatic heterocycles. The van der Waals surface area contributed by atoms with Gasteiger partial charge in [-0.05, 0) is 5.56 Å². The Morgan fingerprint density at radius 2 is 2.16 bits per heavy atom. The number of benzene rings is 1. The molecule has 19 heavy (non-hydrogen) atoms. The van der Waals surface area contributed by atoms with Crippen LogP contribution in [-0.2, 0) is 24.4 Å². The molecule has 0 radical (unpaired) electrons. The molecule has 2 N–H and O–H groups in total. The first kappa shape index (κ1) is 11.9. The molecule has 0 bridgehead atoms. The number of carbonyl (C=O) groups excluding carboxylic acids is 1. The van der Waals surface area contributed by atoms with Crippen molar-refractivity contribution in [2.24, 2.45) is 0 Å². The van der Waals surface area contributed by atoms with Gasteiger partial charge in [0.15, 0.2) is 0 Å². The van der Waals surface area contributed by atoms with Gasteiger partial charge >= 0.3 is 0 Å². The Bertz CT molecular complexity index is 591. The van der Waals surface area contributed by atoms with E-state index in [-0.39, 0.29) is 5.91 Å². The van der Waals surface area contributed by atoms with Crippen LogP contribution < -0.4 is 5.32 Å². The Balaban J connectivity index is 1.71. The van der Waals surface area contributed by atoms with E-state index in [0.29, 0.717) is 0 Å². The minimum Gasteiger partial charge on any atom is -0.311 e. The molecular formula is C14H16N4O. The van der Waals surface area contributed by atoms with Crippen molar-refractivity contribution in [3.05, 3.63) is 47.2 Å². The molecule has 0 saturated carbocycles. The van der Waals surface area contributed by atoms with Crippen molar-refractivity contribution in [3.63, 3.8) is 0 Å². The van der Waals surface area contributed by atoms with Gasteiger partial charge in [0, 0.05) is 32.1 Å². The largest absolute Gasteiger partial charge is 0.311 e. The molecule has 0 atom stereocenters. The summed E-state index contributed by atoms with van der Waals surface area (Å²) < 4.78 is 0. The molecule has 0 unspecified atom stereocenters. The number of aromatic amines is 1. The molecule has 0 saturated heterocycles. The first-order chi connectivity index (χ1) is 9.22. The molecule has 0 fully saturated rings. The summed E-state index contributed by atoms with van der Waals surface area (Å²) >= 11 is 0. The fourth-order valence-corrected chi connectivity index (χ4v) is 2.43. The predicted octanol–water partition coefficient (Wildman–Crippen LogP) is 1.88. The summed E-state index contributed by atoms with van der Waals surface area (Å²) in [7, 11) is 0. The third-order valence-electron chi connectivity index (χ3n) is 3.26. The van der Waals surface area contributed by atoms with Gasteiger partial charge in [0.25, 0.3) is 0 Å². The van der Waals surface area contributed by atoms with Crippen LogP contribution in [0.25, 0.3) is 0 Å². The van der Waals surface area contributed by atoms with Gasteiger partial charge in [0.05, 0.1) is 5.69 Å². The molecule has 5 nitrogen and oxygen atoms in total. The van der Waals surface area contributed by atoms with E-state index in [2.05, 4.69) is 32.5 Å². The van der Waals surface area contributed by atoms with E-state index < -0.39 is 0 Å². The lowest BCUT2D eigenvalue weighted by Gasteiger charge is -2.15. The summed E-state index contributed by atoms with van der Waals surface area (Å²) in [5.74, 6) is 0.658. The number of nitrogens with zero attached hydrogens (tertiary/aromatic N) is 2. The number of H-pyrrole nitrogens is 1. The third-order valence-corrected chi connectivity index (χ3v) is 3.26. The van der Waals surface area contributed by atoms with E-state index in [4.69, 9.17) is 0 Å². The molecule has 1 aromatic heterocycles. The highest BCUT2D eigenvalue weighted by Gasteiger charge is 2.25. The monoisotopic (exact) mass is 256 g/mol. The number of hydrogen-bond donors (Lipinski definition) is 2. The van der Waals surface area contributed by atoms with E-state index in [9.17, 15) is 4.79 Å². The normalized spacial score (nSPS) is 14.4. The number of amides is 1. The van der Waals surface area contributed by atoms with Crippen molar-refractivity contribution in [3.8, 4) is 0 Å². The van der Waals surface area contributed by atoms with Crippen LogP contribution in [0.2, 0.25) is 0 Å². The second kappa shape index (κ2) is 4.85. The zero-order chi connectivity index (χ0) is 13.2. The molecule has 0 spiro atoms. The minimum atomic E-state index is -0.0760. The zero-order valence-electron chi connectivity index (χ0n) is 10.8. The topological polar surface area (TPSA) is 61.0 Å². The lowest BCUT2D eigenvalue weighted by Crippen LogP contribution is -2.17. The van der Waals surface area contributed by atoms with Crippen LogP contribution in [0.1, 0.15) is 23.7 Å². The van der Waals surface area contributed by atoms with Gasteiger partial charge in [-0.15, -0.1) is 0 Å². The summed E-state index contributed by atoms with van der Waals surface area (Å²) in [5.41, 5.74) is 3.42. The standard InChI is InChI=1S/C14H16N4O/c1-10(19)15-14-12-8-18(9-13(12)16-17-14)7-11-5-3-2-4-6-11/h2-6H,7-9H2,1H3,(H2,15,16,17,19). The Morgan fingerprint density at radius 3 is 2.89 bits per heavy atom. The fraction of sp³-hybridized carbons (Fsp3) is 0.286. The molecule has 5 heteroatoms. The van der Waals surface area contributed by atoms with Gasteiger partial charge in [-0.25, -0.2) is 0 Å².